The Balaban J connectivity index is 1.98. The number of benzene rings is 2. The Morgan fingerprint density at radius 2 is 1.91 bits per heavy atom. The number of carbonyl (C=O) groups is 3. The molecule has 0 saturated carbocycles. The van der Waals surface area contributed by atoms with Gasteiger partial charge in [-0.1, -0.05) is 42.5 Å². The lowest BCUT2D eigenvalue weighted by molar-refractivity contribution is -0.138. The molecule has 166 valence electrons. The molecule has 1 amide bonds. The molecule has 0 fully saturated rings. The van der Waals surface area contributed by atoms with Gasteiger partial charge in [0.05, 0.1) is 11.7 Å². The number of carboxylic acids is 1. The second-order valence-corrected chi connectivity index (χ2v) is 9.03. The molecule has 0 aliphatic carbocycles. The lowest BCUT2D eigenvalue weighted by Gasteiger charge is -2.20. The highest BCUT2D eigenvalue weighted by molar-refractivity contribution is 8.00. The van der Waals surface area contributed by atoms with E-state index in [-0.39, 0.29) is 24.5 Å². The van der Waals surface area contributed by atoms with Crippen molar-refractivity contribution >= 4 is 46.4 Å². The van der Waals surface area contributed by atoms with Gasteiger partial charge in [-0.25, -0.2) is 4.98 Å². The van der Waals surface area contributed by atoms with Gasteiger partial charge >= 0.3 is 5.97 Å². The lowest BCUT2D eigenvalue weighted by Crippen LogP contribution is -2.35. The van der Waals surface area contributed by atoms with Gasteiger partial charge in [-0.05, 0) is 24.3 Å². The summed E-state index contributed by atoms with van der Waals surface area (Å²) in [6.07, 6.45) is 3.53. The van der Waals surface area contributed by atoms with E-state index in [1.54, 1.807) is 30.7 Å². The van der Waals surface area contributed by atoms with Crippen LogP contribution in [0.4, 0.5) is 5.69 Å². The van der Waals surface area contributed by atoms with Crippen molar-refractivity contribution in [2.45, 2.75) is 24.1 Å². The fraction of sp³-hybridized carbons (Fsp3) is 0.217. The molecule has 0 bridgehead atoms. The molecule has 7 nitrogen and oxygen atoms in total. The maximum atomic E-state index is 13.4. The number of ketones is 1. The average molecular weight is 470 g/mol. The maximum absolute atomic E-state index is 13.4. The SMILES string of the molecule is CSC(CC(N)C(=O)O)C(=O)c1cccc(NC(=O)Cc2nccs2)c1-c1ccccc1. The van der Waals surface area contributed by atoms with Gasteiger partial charge in [-0.2, -0.15) is 11.8 Å². The predicted molar refractivity (Wildman–Crippen MR) is 128 cm³/mol. The van der Waals surface area contributed by atoms with Crippen LogP contribution in [0.2, 0.25) is 0 Å². The summed E-state index contributed by atoms with van der Waals surface area (Å²) in [6, 6.07) is 13.3. The van der Waals surface area contributed by atoms with E-state index < -0.39 is 17.3 Å². The summed E-state index contributed by atoms with van der Waals surface area (Å²) in [5, 5.41) is 13.9. The molecule has 1 aromatic heterocycles. The largest absolute Gasteiger partial charge is 0.480 e. The third-order valence-electron chi connectivity index (χ3n) is 4.82. The molecule has 0 radical (unpaired) electrons. The molecule has 4 N–H and O–H groups in total. The molecule has 1 heterocycles. The van der Waals surface area contributed by atoms with Crippen molar-refractivity contribution in [3.05, 3.63) is 70.7 Å². The number of carbonyl (C=O) groups excluding carboxylic acids is 2. The van der Waals surface area contributed by atoms with E-state index in [1.165, 1.54) is 23.1 Å². The first kappa shape index (κ1) is 23.6. The van der Waals surface area contributed by atoms with Crippen LogP contribution in [0.25, 0.3) is 11.1 Å². The smallest absolute Gasteiger partial charge is 0.320 e. The van der Waals surface area contributed by atoms with Crippen molar-refractivity contribution < 1.29 is 19.5 Å². The van der Waals surface area contributed by atoms with Crippen LogP contribution in [0.1, 0.15) is 21.8 Å². The monoisotopic (exact) mass is 469 g/mol. The molecule has 32 heavy (non-hydrogen) atoms. The van der Waals surface area contributed by atoms with E-state index in [9.17, 15) is 14.4 Å². The van der Waals surface area contributed by atoms with Gasteiger partial charge in [0.25, 0.3) is 0 Å². The standard InChI is InChI=1S/C23H23N3O4S2/c1-31-18(12-16(24)23(29)30)22(28)15-8-5-9-17(21(15)14-6-3-2-4-7-14)26-19(27)13-20-25-10-11-32-20/h2-11,16,18H,12-13,24H2,1H3,(H,26,27)(H,29,30). The zero-order valence-corrected chi connectivity index (χ0v) is 19.0. The Labute approximate surface area is 194 Å². The van der Waals surface area contributed by atoms with Gasteiger partial charge in [0, 0.05) is 28.4 Å². The fourth-order valence-corrected chi connectivity index (χ4v) is 4.62. The molecule has 9 heteroatoms. The summed E-state index contributed by atoms with van der Waals surface area (Å²) < 4.78 is 0. The van der Waals surface area contributed by atoms with Crippen LogP contribution >= 0.6 is 23.1 Å². The highest BCUT2D eigenvalue weighted by atomic mass is 32.2. The number of nitrogens with one attached hydrogen (secondary N) is 1. The molecule has 0 aliphatic rings. The van der Waals surface area contributed by atoms with Crippen LogP contribution in [-0.2, 0) is 16.0 Å². The number of amides is 1. The van der Waals surface area contributed by atoms with E-state index in [0.717, 1.165) is 5.56 Å². The Hall–Kier alpha value is -3.01. The minimum Gasteiger partial charge on any atom is -0.480 e. The summed E-state index contributed by atoms with van der Waals surface area (Å²) in [4.78, 5) is 41.4. The maximum Gasteiger partial charge on any atom is 0.320 e. The third-order valence-corrected chi connectivity index (χ3v) is 6.58. The first-order valence-electron chi connectivity index (χ1n) is 9.82. The van der Waals surface area contributed by atoms with Crippen molar-refractivity contribution in [2.24, 2.45) is 5.73 Å². The molecular weight excluding hydrogens is 446 g/mol. The molecule has 0 saturated heterocycles. The Morgan fingerprint density at radius 3 is 2.53 bits per heavy atom. The minimum atomic E-state index is -1.15. The van der Waals surface area contributed by atoms with Gasteiger partial charge in [0.1, 0.15) is 11.0 Å². The van der Waals surface area contributed by atoms with Crippen LogP contribution in [0.3, 0.4) is 0 Å². The third kappa shape index (κ3) is 5.82. The van der Waals surface area contributed by atoms with E-state index in [4.69, 9.17) is 10.8 Å². The highest BCUT2D eigenvalue weighted by Gasteiger charge is 2.28. The van der Waals surface area contributed by atoms with Crippen molar-refractivity contribution in [3.63, 3.8) is 0 Å². The highest BCUT2D eigenvalue weighted by Crippen LogP contribution is 2.34. The summed E-state index contributed by atoms with van der Waals surface area (Å²) in [5.41, 5.74) is 7.96. The summed E-state index contributed by atoms with van der Waals surface area (Å²) in [7, 11) is 0. The Morgan fingerprint density at radius 1 is 1.16 bits per heavy atom. The number of aliphatic carboxylic acids is 1. The van der Waals surface area contributed by atoms with Gasteiger partial charge in [-0.3, -0.25) is 14.4 Å². The number of aromatic nitrogens is 1. The Kier molecular flexibility index (Phi) is 8.15. The number of thiazole rings is 1. The van der Waals surface area contributed by atoms with Crippen molar-refractivity contribution in [1.29, 1.82) is 0 Å². The second kappa shape index (κ2) is 11.0. The van der Waals surface area contributed by atoms with Crippen LogP contribution in [0.15, 0.2) is 60.1 Å². The lowest BCUT2D eigenvalue weighted by atomic mass is 9.92. The van der Waals surface area contributed by atoms with Crippen LogP contribution in [-0.4, -0.2) is 45.3 Å². The number of hydrogen-bond acceptors (Lipinski definition) is 7. The number of nitrogens with zero attached hydrogens (tertiary/aromatic N) is 1. The number of thioether (sulfide) groups is 1. The first-order valence-corrected chi connectivity index (χ1v) is 12.0. The van der Waals surface area contributed by atoms with Crippen molar-refractivity contribution in [1.82, 2.24) is 4.98 Å². The molecule has 3 rings (SSSR count). The number of rotatable bonds is 10. The van der Waals surface area contributed by atoms with Crippen molar-refractivity contribution in [2.75, 3.05) is 11.6 Å². The molecule has 2 atom stereocenters. The van der Waals surface area contributed by atoms with Gasteiger partial charge in [-0.15, -0.1) is 11.3 Å². The first-order chi connectivity index (χ1) is 15.4. The molecule has 3 aromatic rings. The van der Waals surface area contributed by atoms with E-state index >= 15 is 0 Å². The van der Waals surface area contributed by atoms with E-state index in [2.05, 4.69) is 10.3 Å². The summed E-state index contributed by atoms with van der Waals surface area (Å²) in [5.74, 6) is -1.62. The zero-order chi connectivity index (χ0) is 23.1. The molecule has 0 aliphatic heterocycles. The summed E-state index contributed by atoms with van der Waals surface area (Å²) >= 11 is 2.65. The number of Topliss-reactive ketones (excluding diaryl/α,β-unsaturated/α-hetero) is 1. The zero-order valence-electron chi connectivity index (χ0n) is 17.4. The normalized spacial score (nSPS) is 12.7. The number of nitrogens with two attached hydrogens (primary N) is 1. The van der Waals surface area contributed by atoms with E-state index in [1.807, 2.05) is 35.7 Å². The molecule has 2 aromatic carbocycles. The van der Waals surface area contributed by atoms with Crippen LogP contribution < -0.4 is 11.1 Å². The number of anilines is 1. The minimum absolute atomic E-state index is 0.00416. The van der Waals surface area contributed by atoms with Gasteiger partial charge in [0.15, 0.2) is 5.78 Å². The number of hydrogen-bond donors (Lipinski definition) is 3. The van der Waals surface area contributed by atoms with E-state index in [0.29, 0.717) is 21.8 Å². The molecule has 2 unspecified atom stereocenters. The topological polar surface area (TPSA) is 122 Å². The van der Waals surface area contributed by atoms with Crippen LogP contribution in [0, 0.1) is 0 Å². The van der Waals surface area contributed by atoms with Gasteiger partial charge < -0.3 is 16.2 Å². The Bertz CT molecular complexity index is 1090. The number of carboxylic acid groups (broad SMARTS) is 1. The quantitative estimate of drug-likeness (QED) is 0.387. The average Bonchev–Trinajstić information content (AvgIpc) is 3.30. The molecule has 0 spiro atoms. The van der Waals surface area contributed by atoms with Crippen LogP contribution in [0.5, 0.6) is 0 Å². The second-order valence-electron chi connectivity index (χ2n) is 7.01. The molecular formula is C23H23N3O4S2. The van der Waals surface area contributed by atoms with Gasteiger partial charge in [0.2, 0.25) is 5.91 Å². The van der Waals surface area contributed by atoms with Crippen molar-refractivity contribution in [3.8, 4) is 11.1 Å². The predicted octanol–water partition coefficient (Wildman–Crippen LogP) is 3.71. The fourth-order valence-electron chi connectivity index (χ4n) is 3.26. The summed E-state index contributed by atoms with van der Waals surface area (Å²) in [6.45, 7) is 0.